The molecule has 0 saturated carbocycles. The lowest BCUT2D eigenvalue weighted by molar-refractivity contribution is -0.131. The van der Waals surface area contributed by atoms with Crippen molar-refractivity contribution in [1.82, 2.24) is 10.2 Å². The quantitative estimate of drug-likeness (QED) is 0.583. The van der Waals surface area contributed by atoms with Crippen molar-refractivity contribution in [1.29, 1.82) is 0 Å². The molecule has 1 aliphatic heterocycles. The first-order chi connectivity index (χ1) is 9.34. The van der Waals surface area contributed by atoms with Crippen LogP contribution in [0.15, 0.2) is 0 Å². The fourth-order valence-corrected chi connectivity index (χ4v) is 2.67. The summed E-state index contributed by atoms with van der Waals surface area (Å²) in [5.41, 5.74) is 0. The van der Waals surface area contributed by atoms with E-state index in [1.165, 1.54) is 64.2 Å². The van der Waals surface area contributed by atoms with Crippen molar-refractivity contribution in [3.05, 3.63) is 0 Å². The third kappa shape index (κ3) is 8.25. The second-order valence-corrected chi connectivity index (χ2v) is 5.74. The van der Waals surface area contributed by atoms with Crippen LogP contribution in [-0.4, -0.2) is 37.0 Å². The zero-order chi connectivity index (χ0) is 13.8. The van der Waals surface area contributed by atoms with Crippen molar-refractivity contribution in [2.24, 2.45) is 0 Å². The van der Waals surface area contributed by atoms with Gasteiger partial charge in [0.15, 0.2) is 0 Å². The molecule has 0 unspecified atom stereocenters. The van der Waals surface area contributed by atoms with Crippen molar-refractivity contribution in [3.8, 4) is 0 Å². The molecule has 0 aromatic heterocycles. The van der Waals surface area contributed by atoms with Gasteiger partial charge in [-0.1, -0.05) is 64.7 Å². The van der Waals surface area contributed by atoms with Crippen LogP contribution in [0.3, 0.4) is 0 Å². The fraction of sp³-hybridized carbons (Fsp3) is 0.938. The largest absolute Gasteiger partial charge is 0.340 e. The number of hydrogen-bond acceptors (Lipinski definition) is 2. The Hall–Kier alpha value is -0.570. The van der Waals surface area contributed by atoms with Crippen molar-refractivity contribution < 1.29 is 4.79 Å². The Morgan fingerprint density at radius 3 is 2.11 bits per heavy atom. The monoisotopic (exact) mass is 268 g/mol. The zero-order valence-corrected chi connectivity index (χ0v) is 12.8. The lowest BCUT2D eigenvalue weighted by Gasteiger charge is -2.27. The molecule has 0 bridgehead atoms. The molecule has 0 aromatic rings. The standard InChI is InChI=1S/C16H32N2O/c1-2-3-4-5-6-7-8-9-10-11-13-18-14-12-17-15-16(18)19/h17H,2-15H2,1H3. The van der Waals surface area contributed by atoms with Crippen LogP contribution in [0.5, 0.6) is 0 Å². The second-order valence-electron chi connectivity index (χ2n) is 5.74. The molecule has 112 valence electrons. The highest BCUT2D eigenvalue weighted by molar-refractivity contribution is 5.78. The first-order valence-electron chi connectivity index (χ1n) is 8.33. The van der Waals surface area contributed by atoms with Crippen molar-refractivity contribution in [2.75, 3.05) is 26.2 Å². The van der Waals surface area contributed by atoms with E-state index >= 15 is 0 Å². The van der Waals surface area contributed by atoms with Crippen molar-refractivity contribution in [3.63, 3.8) is 0 Å². The van der Waals surface area contributed by atoms with Crippen LogP contribution in [0.2, 0.25) is 0 Å². The van der Waals surface area contributed by atoms with Crippen LogP contribution in [-0.2, 0) is 4.79 Å². The predicted octanol–water partition coefficient (Wildman–Crippen LogP) is 3.34. The van der Waals surface area contributed by atoms with Gasteiger partial charge in [0.05, 0.1) is 6.54 Å². The molecule has 3 nitrogen and oxygen atoms in total. The first-order valence-corrected chi connectivity index (χ1v) is 8.33. The minimum atomic E-state index is 0.280. The molecule has 1 amide bonds. The summed E-state index contributed by atoms with van der Waals surface area (Å²) < 4.78 is 0. The first kappa shape index (κ1) is 16.5. The van der Waals surface area contributed by atoms with Gasteiger partial charge in [-0.3, -0.25) is 4.79 Å². The Kier molecular flexibility index (Phi) is 9.78. The fourth-order valence-electron chi connectivity index (χ4n) is 2.67. The van der Waals surface area contributed by atoms with Crippen molar-refractivity contribution in [2.45, 2.75) is 71.1 Å². The van der Waals surface area contributed by atoms with Crippen LogP contribution >= 0.6 is 0 Å². The van der Waals surface area contributed by atoms with Gasteiger partial charge in [0.25, 0.3) is 0 Å². The molecule has 0 atom stereocenters. The molecule has 0 spiro atoms. The molecule has 1 fully saturated rings. The van der Waals surface area contributed by atoms with Gasteiger partial charge in [-0.15, -0.1) is 0 Å². The molecule has 19 heavy (non-hydrogen) atoms. The summed E-state index contributed by atoms with van der Waals surface area (Å²) in [5.74, 6) is 0.280. The third-order valence-electron chi connectivity index (χ3n) is 3.97. The van der Waals surface area contributed by atoms with E-state index in [-0.39, 0.29) is 5.91 Å². The topological polar surface area (TPSA) is 32.3 Å². The maximum atomic E-state index is 11.5. The summed E-state index contributed by atoms with van der Waals surface area (Å²) in [5, 5.41) is 3.11. The normalized spacial score (nSPS) is 16.1. The Bertz CT molecular complexity index is 231. The lowest BCUT2D eigenvalue weighted by atomic mass is 10.1. The van der Waals surface area contributed by atoms with Gasteiger partial charge in [0.1, 0.15) is 0 Å². The lowest BCUT2D eigenvalue weighted by Crippen LogP contribution is -2.48. The van der Waals surface area contributed by atoms with Crippen LogP contribution in [0, 0.1) is 0 Å². The van der Waals surface area contributed by atoms with Gasteiger partial charge in [-0.25, -0.2) is 0 Å². The van der Waals surface area contributed by atoms with Gasteiger partial charge in [0.2, 0.25) is 5.91 Å². The Morgan fingerprint density at radius 2 is 1.53 bits per heavy atom. The highest BCUT2D eigenvalue weighted by Crippen LogP contribution is 2.11. The zero-order valence-electron chi connectivity index (χ0n) is 12.8. The molecule has 1 N–H and O–H groups in total. The highest BCUT2D eigenvalue weighted by atomic mass is 16.2. The molecular formula is C16H32N2O. The minimum Gasteiger partial charge on any atom is -0.340 e. The van der Waals surface area contributed by atoms with Crippen LogP contribution < -0.4 is 5.32 Å². The van der Waals surface area contributed by atoms with Crippen LogP contribution in [0.25, 0.3) is 0 Å². The number of piperazine rings is 1. The summed E-state index contributed by atoms with van der Waals surface area (Å²) in [6.45, 7) is 5.64. The van der Waals surface area contributed by atoms with E-state index in [9.17, 15) is 4.79 Å². The highest BCUT2D eigenvalue weighted by Gasteiger charge is 2.16. The molecule has 3 heteroatoms. The number of nitrogens with zero attached hydrogens (tertiary/aromatic N) is 1. The summed E-state index contributed by atoms with van der Waals surface area (Å²) in [6.07, 6.45) is 13.6. The third-order valence-corrected chi connectivity index (χ3v) is 3.97. The van der Waals surface area contributed by atoms with E-state index in [0.29, 0.717) is 6.54 Å². The SMILES string of the molecule is CCCCCCCCCCCCN1CCNCC1=O. The summed E-state index contributed by atoms with van der Waals surface area (Å²) >= 11 is 0. The van der Waals surface area contributed by atoms with Crippen LogP contribution in [0.1, 0.15) is 71.1 Å². The number of nitrogens with one attached hydrogen (secondary N) is 1. The van der Waals surface area contributed by atoms with E-state index in [0.717, 1.165) is 19.6 Å². The summed E-state index contributed by atoms with van der Waals surface area (Å²) in [4.78, 5) is 13.6. The number of carbonyl (C=O) groups is 1. The number of hydrogen-bond donors (Lipinski definition) is 1. The Balaban J connectivity index is 1.82. The number of amides is 1. The predicted molar refractivity (Wildman–Crippen MR) is 81.3 cm³/mol. The molecule has 1 rings (SSSR count). The van der Waals surface area contributed by atoms with Gasteiger partial charge < -0.3 is 10.2 Å². The van der Waals surface area contributed by atoms with E-state index in [1.54, 1.807) is 0 Å². The molecule has 1 saturated heterocycles. The molecule has 0 aliphatic carbocycles. The van der Waals surface area contributed by atoms with Crippen LogP contribution in [0.4, 0.5) is 0 Å². The average molecular weight is 268 g/mol. The van der Waals surface area contributed by atoms with E-state index in [1.807, 2.05) is 4.90 Å². The summed E-state index contributed by atoms with van der Waals surface area (Å²) in [6, 6.07) is 0. The maximum absolute atomic E-state index is 11.5. The van der Waals surface area contributed by atoms with Gasteiger partial charge in [-0.2, -0.15) is 0 Å². The molecule has 1 heterocycles. The molecule has 1 aliphatic rings. The van der Waals surface area contributed by atoms with Gasteiger partial charge >= 0.3 is 0 Å². The molecule has 0 aromatic carbocycles. The number of unbranched alkanes of at least 4 members (excludes halogenated alkanes) is 9. The molecular weight excluding hydrogens is 236 g/mol. The molecule has 0 radical (unpaired) electrons. The number of rotatable bonds is 11. The van der Waals surface area contributed by atoms with Gasteiger partial charge in [-0.05, 0) is 6.42 Å². The van der Waals surface area contributed by atoms with E-state index < -0.39 is 0 Å². The maximum Gasteiger partial charge on any atom is 0.236 e. The average Bonchev–Trinajstić information content (AvgIpc) is 2.43. The van der Waals surface area contributed by atoms with E-state index in [4.69, 9.17) is 0 Å². The second kappa shape index (κ2) is 11.3. The minimum absolute atomic E-state index is 0.280. The van der Waals surface area contributed by atoms with Gasteiger partial charge in [0, 0.05) is 19.6 Å². The van der Waals surface area contributed by atoms with Crippen molar-refractivity contribution >= 4 is 5.91 Å². The van der Waals surface area contributed by atoms with E-state index in [2.05, 4.69) is 12.2 Å². The summed E-state index contributed by atoms with van der Waals surface area (Å²) in [7, 11) is 0. The number of carbonyl (C=O) groups excluding carboxylic acids is 1. The Labute approximate surface area is 119 Å². The smallest absolute Gasteiger partial charge is 0.236 e. The Morgan fingerprint density at radius 1 is 0.947 bits per heavy atom.